The molecule has 2 N–H and O–H groups in total. The van der Waals surface area contributed by atoms with Gasteiger partial charge in [-0.2, -0.15) is 5.10 Å². The zero-order chi connectivity index (χ0) is 20.8. The number of hydrogen-bond donors (Lipinski definition) is 2. The number of rotatable bonds is 6. The molecule has 2 aromatic carbocycles. The number of carbonyl (C=O) groups is 2. The SMILES string of the molecule is COc1ccc(-n2ccc(C(=O)NNC(=O)C(C)Oc3ccc(F)cc3)n2)cc1. The van der Waals surface area contributed by atoms with E-state index in [0.717, 1.165) is 5.69 Å². The van der Waals surface area contributed by atoms with Crippen LogP contribution in [0.1, 0.15) is 17.4 Å². The highest BCUT2D eigenvalue weighted by Crippen LogP contribution is 2.15. The van der Waals surface area contributed by atoms with Crippen LogP contribution < -0.4 is 20.3 Å². The highest BCUT2D eigenvalue weighted by atomic mass is 19.1. The van der Waals surface area contributed by atoms with Gasteiger partial charge in [-0.3, -0.25) is 20.4 Å². The molecule has 1 atom stereocenters. The first-order valence-corrected chi connectivity index (χ1v) is 8.69. The number of nitrogens with zero attached hydrogens (tertiary/aromatic N) is 2. The van der Waals surface area contributed by atoms with E-state index >= 15 is 0 Å². The number of ether oxygens (including phenoxy) is 2. The maximum Gasteiger partial charge on any atom is 0.290 e. The van der Waals surface area contributed by atoms with Gasteiger partial charge >= 0.3 is 0 Å². The normalized spacial score (nSPS) is 11.4. The van der Waals surface area contributed by atoms with E-state index in [1.807, 2.05) is 0 Å². The quantitative estimate of drug-likeness (QED) is 0.621. The number of hydrazine groups is 1. The Morgan fingerprint density at radius 3 is 2.31 bits per heavy atom. The molecular weight excluding hydrogens is 379 g/mol. The number of carbonyl (C=O) groups excluding carboxylic acids is 2. The summed E-state index contributed by atoms with van der Waals surface area (Å²) in [5.74, 6) is -0.523. The second-order valence-corrected chi connectivity index (χ2v) is 6.00. The predicted molar refractivity (Wildman–Crippen MR) is 102 cm³/mol. The number of hydrogen-bond acceptors (Lipinski definition) is 5. The molecule has 1 unspecified atom stereocenters. The van der Waals surface area contributed by atoms with Crippen LogP contribution in [0.5, 0.6) is 11.5 Å². The van der Waals surface area contributed by atoms with Crippen molar-refractivity contribution in [2.24, 2.45) is 0 Å². The second-order valence-electron chi connectivity index (χ2n) is 6.00. The molecule has 3 rings (SSSR count). The Bertz CT molecular complexity index is 986. The van der Waals surface area contributed by atoms with E-state index in [4.69, 9.17) is 9.47 Å². The molecule has 0 spiro atoms. The Hall–Kier alpha value is -3.88. The molecule has 2 amide bonds. The van der Waals surface area contributed by atoms with Crippen molar-refractivity contribution in [3.05, 3.63) is 72.3 Å². The van der Waals surface area contributed by atoms with E-state index < -0.39 is 23.7 Å². The zero-order valence-corrected chi connectivity index (χ0v) is 15.8. The summed E-state index contributed by atoms with van der Waals surface area (Å²) in [6.07, 6.45) is 0.719. The smallest absolute Gasteiger partial charge is 0.290 e. The van der Waals surface area contributed by atoms with Crippen LogP contribution in [0.3, 0.4) is 0 Å². The monoisotopic (exact) mass is 398 g/mol. The third kappa shape index (κ3) is 5.10. The summed E-state index contributed by atoms with van der Waals surface area (Å²) in [5, 5.41) is 4.18. The number of halogens is 1. The third-order valence-corrected chi connectivity index (χ3v) is 3.95. The van der Waals surface area contributed by atoms with Gasteiger partial charge in [-0.05, 0) is 61.5 Å². The van der Waals surface area contributed by atoms with Crippen molar-refractivity contribution in [3.8, 4) is 17.2 Å². The lowest BCUT2D eigenvalue weighted by atomic mass is 10.3. The van der Waals surface area contributed by atoms with Gasteiger partial charge in [0.2, 0.25) is 0 Å². The number of methoxy groups -OCH3 is 1. The average molecular weight is 398 g/mol. The van der Waals surface area contributed by atoms with Crippen molar-refractivity contribution in [1.82, 2.24) is 20.6 Å². The van der Waals surface area contributed by atoms with Crippen molar-refractivity contribution in [2.45, 2.75) is 13.0 Å². The zero-order valence-electron chi connectivity index (χ0n) is 15.8. The van der Waals surface area contributed by atoms with Crippen molar-refractivity contribution in [3.63, 3.8) is 0 Å². The summed E-state index contributed by atoms with van der Waals surface area (Å²) >= 11 is 0. The lowest BCUT2D eigenvalue weighted by molar-refractivity contribution is -0.128. The lowest BCUT2D eigenvalue weighted by Crippen LogP contribution is -2.47. The maximum absolute atomic E-state index is 12.9. The minimum absolute atomic E-state index is 0.119. The Morgan fingerprint density at radius 1 is 1.00 bits per heavy atom. The Balaban J connectivity index is 1.54. The summed E-state index contributed by atoms with van der Waals surface area (Å²) in [5.41, 5.74) is 5.42. The minimum Gasteiger partial charge on any atom is -0.497 e. The fourth-order valence-corrected chi connectivity index (χ4v) is 2.38. The summed E-state index contributed by atoms with van der Waals surface area (Å²) in [7, 11) is 1.57. The first-order valence-electron chi connectivity index (χ1n) is 8.69. The fraction of sp³-hybridized carbons (Fsp3) is 0.150. The molecule has 9 heteroatoms. The molecule has 0 aliphatic rings. The highest BCUT2D eigenvalue weighted by molar-refractivity contribution is 5.94. The third-order valence-electron chi connectivity index (χ3n) is 3.95. The molecule has 0 aliphatic heterocycles. The van der Waals surface area contributed by atoms with E-state index in [1.165, 1.54) is 41.9 Å². The van der Waals surface area contributed by atoms with E-state index in [-0.39, 0.29) is 5.69 Å². The molecule has 0 fully saturated rings. The van der Waals surface area contributed by atoms with Gasteiger partial charge in [0.05, 0.1) is 12.8 Å². The van der Waals surface area contributed by atoms with Crippen LogP contribution >= 0.6 is 0 Å². The van der Waals surface area contributed by atoms with Crippen LogP contribution in [0.25, 0.3) is 5.69 Å². The van der Waals surface area contributed by atoms with Gasteiger partial charge in [0.15, 0.2) is 11.8 Å². The molecule has 1 heterocycles. The number of aromatic nitrogens is 2. The van der Waals surface area contributed by atoms with E-state index in [9.17, 15) is 14.0 Å². The van der Waals surface area contributed by atoms with Gasteiger partial charge in [-0.15, -0.1) is 0 Å². The lowest BCUT2D eigenvalue weighted by Gasteiger charge is -2.14. The molecule has 0 aliphatic carbocycles. The van der Waals surface area contributed by atoms with Gasteiger partial charge in [0.25, 0.3) is 11.8 Å². The Kier molecular flexibility index (Phi) is 6.08. The molecule has 0 radical (unpaired) electrons. The highest BCUT2D eigenvalue weighted by Gasteiger charge is 2.17. The summed E-state index contributed by atoms with van der Waals surface area (Å²) < 4.78 is 24.9. The molecule has 3 aromatic rings. The second kappa shape index (κ2) is 8.87. The van der Waals surface area contributed by atoms with Crippen LogP contribution in [0.4, 0.5) is 4.39 Å². The van der Waals surface area contributed by atoms with Gasteiger partial charge in [-0.25, -0.2) is 9.07 Å². The molecule has 150 valence electrons. The van der Waals surface area contributed by atoms with Gasteiger partial charge in [0, 0.05) is 6.20 Å². The summed E-state index contributed by atoms with van der Waals surface area (Å²) in [6, 6.07) is 13.9. The molecule has 0 saturated heterocycles. The van der Waals surface area contributed by atoms with Crippen molar-refractivity contribution in [2.75, 3.05) is 7.11 Å². The first kappa shape index (κ1) is 19.9. The van der Waals surface area contributed by atoms with Gasteiger partial charge < -0.3 is 9.47 Å². The molecule has 0 bridgehead atoms. The Morgan fingerprint density at radius 2 is 1.66 bits per heavy atom. The van der Waals surface area contributed by atoms with Crippen LogP contribution in [0.2, 0.25) is 0 Å². The van der Waals surface area contributed by atoms with E-state index in [1.54, 1.807) is 37.6 Å². The topological polar surface area (TPSA) is 94.5 Å². The maximum atomic E-state index is 12.9. The average Bonchev–Trinajstić information content (AvgIpc) is 3.23. The van der Waals surface area contributed by atoms with Crippen LogP contribution in [-0.4, -0.2) is 34.8 Å². The fourth-order valence-electron chi connectivity index (χ4n) is 2.38. The molecule has 8 nitrogen and oxygen atoms in total. The number of amides is 2. The molecule has 0 saturated carbocycles. The van der Waals surface area contributed by atoms with Crippen LogP contribution in [0, 0.1) is 5.82 Å². The number of nitrogens with one attached hydrogen (secondary N) is 2. The van der Waals surface area contributed by atoms with Crippen molar-refractivity contribution in [1.29, 1.82) is 0 Å². The first-order chi connectivity index (χ1) is 14.0. The van der Waals surface area contributed by atoms with Gasteiger partial charge in [0.1, 0.15) is 17.3 Å². The van der Waals surface area contributed by atoms with Gasteiger partial charge in [-0.1, -0.05) is 0 Å². The van der Waals surface area contributed by atoms with E-state index in [0.29, 0.717) is 11.5 Å². The number of benzene rings is 2. The van der Waals surface area contributed by atoms with Crippen LogP contribution in [-0.2, 0) is 4.79 Å². The van der Waals surface area contributed by atoms with Crippen molar-refractivity contribution < 1.29 is 23.5 Å². The summed E-state index contributed by atoms with van der Waals surface area (Å²) in [6.45, 7) is 1.50. The summed E-state index contributed by atoms with van der Waals surface area (Å²) in [4.78, 5) is 24.3. The molecule has 1 aromatic heterocycles. The van der Waals surface area contributed by atoms with Crippen LogP contribution in [0.15, 0.2) is 60.8 Å². The van der Waals surface area contributed by atoms with E-state index in [2.05, 4.69) is 16.0 Å². The standard InChI is InChI=1S/C20H19FN4O4/c1-13(29-17-7-3-14(21)4-8-17)19(26)22-23-20(27)18-11-12-25(24-18)15-5-9-16(28-2)10-6-15/h3-13H,1-2H3,(H,22,26)(H,23,27). The molecular formula is C20H19FN4O4. The predicted octanol–water partition coefficient (Wildman–Crippen LogP) is 2.25. The van der Waals surface area contributed by atoms with Crippen molar-refractivity contribution >= 4 is 11.8 Å². The largest absolute Gasteiger partial charge is 0.497 e. The minimum atomic E-state index is -0.905. The molecule has 29 heavy (non-hydrogen) atoms. The Labute approximate surface area is 166 Å².